The van der Waals surface area contributed by atoms with E-state index in [0.717, 1.165) is 5.56 Å². The lowest BCUT2D eigenvalue weighted by Crippen LogP contribution is -2.32. The minimum Gasteiger partial charge on any atom is -0.511 e. The van der Waals surface area contributed by atoms with Crippen molar-refractivity contribution in [3.05, 3.63) is 29.8 Å². The maximum Gasteiger partial charge on any atom is 0.728 e. The molecule has 0 bridgehead atoms. The molecule has 1 rings (SSSR count). The Morgan fingerprint density at radius 1 is 1.29 bits per heavy atom. The van der Waals surface area contributed by atoms with E-state index in [2.05, 4.69) is 0 Å². The Balaban J connectivity index is 2.56. The van der Waals surface area contributed by atoms with Crippen LogP contribution in [-0.2, 0) is 4.76 Å². The van der Waals surface area contributed by atoms with Gasteiger partial charge in [-0.15, -0.1) is 0 Å². The average Bonchev–Trinajstić information content (AvgIpc) is 2.07. The van der Waals surface area contributed by atoms with Gasteiger partial charge in [0, 0.05) is 14.1 Å². The topological polar surface area (TPSA) is 41.9 Å². The molecule has 0 radical (unpaired) electrons. The molecule has 4 nitrogen and oxygen atoms in total. The summed E-state index contributed by atoms with van der Waals surface area (Å²) in [4.78, 5) is 0. The van der Waals surface area contributed by atoms with Gasteiger partial charge in [-0.05, 0) is 18.6 Å². The van der Waals surface area contributed by atoms with Crippen LogP contribution < -0.4 is 4.65 Å². The van der Waals surface area contributed by atoms with Gasteiger partial charge in [-0.2, -0.15) is 0 Å². The van der Waals surface area contributed by atoms with Gasteiger partial charge < -0.3 is 9.68 Å². The molecular formula is C9H14BNO3. The number of nitrogens with zero attached hydrogens (tertiary/aromatic N) is 1. The highest BCUT2D eigenvalue weighted by Crippen LogP contribution is 2.16. The first-order valence-corrected chi connectivity index (χ1v) is 4.34. The molecule has 0 atom stereocenters. The van der Waals surface area contributed by atoms with Crippen LogP contribution in [-0.4, -0.2) is 31.5 Å². The molecule has 0 heterocycles. The Morgan fingerprint density at radius 3 is 2.50 bits per heavy atom. The van der Waals surface area contributed by atoms with Crippen LogP contribution in [0.5, 0.6) is 5.75 Å². The van der Waals surface area contributed by atoms with Crippen molar-refractivity contribution in [2.75, 3.05) is 14.1 Å². The van der Waals surface area contributed by atoms with E-state index in [1.807, 2.05) is 25.1 Å². The van der Waals surface area contributed by atoms with Gasteiger partial charge in [0.25, 0.3) is 0 Å². The summed E-state index contributed by atoms with van der Waals surface area (Å²) in [5.74, 6) is 0.613. The summed E-state index contributed by atoms with van der Waals surface area (Å²) in [6.07, 6.45) is 0. The molecule has 0 aromatic heterocycles. The van der Waals surface area contributed by atoms with Crippen LogP contribution in [0.25, 0.3) is 0 Å². The molecule has 1 aromatic carbocycles. The molecule has 1 aromatic rings. The molecule has 0 unspecified atom stereocenters. The molecule has 5 heteroatoms. The first kappa shape index (κ1) is 11.0. The Labute approximate surface area is 84.2 Å². The first-order chi connectivity index (χ1) is 6.59. The van der Waals surface area contributed by atoms with Crippen molar-refractivity contribution in [1.82, 2.24) is 5.06 Å². The fourth-order valence-electron chi connectivity index (χ4n) is 0.999. The summed E-state index contributed by atoms with van der Waals surface area (Å²) < 4.78 is 10.0. The van der Waals surface area contributed by atoms with Gasteiger partial charge in [-0.3, -0.25) is 4.76 Å². The summed E-state index contributed by atoms with van der Waals surface area (Å²) >= 11 is 0. The number of hydrogen-bond donors (Lipinski definition) is 1. The first-order valence-electron chi connectivity index (χ1n) is 4.34. The van der Waals surface area contributed by atoms with Gasteiger partial charge in [0.15, 0.2) is 0 Å². The molecule has 0 spiro atoms. The minimum atomic E-state index is -1.27. The van der Waals surface area contributed by atoms with Crippen molar-refractivity contribution in [2.45, 2.75) is 6.92 Å². The summed E-state index contributed by atoms with van der Waals surface area (Å²) in [5, 5.41) is 10.7. The summed E-state index contributed by atoms with van der Waals surface area (Å²) in [5.41, 5.74) is 0.953. The zero-order valence-corrected chi connectivity index (χ0v) is 8.60. The molecule has 1 N–H and O–H groups in total. The Hall–Kier alpha value is -1.04. The Bertz CT molecular complexity index is 293. The minimum absolute atomic E-state index is 0.613. The molecule has 0 aliphatic carbocycles. The zero-order valence-electron chi connectivity index (χ0n) is 8.60. The van der Waals surface area contributed by atoms with Crippen LogP contribution in [0.15, 0.2) is 24.3 Å². The summed E-state index contributed by atoms with van der Waals surface area (Å²) in [6, 6.07) is 7.42. The van der Waals surface area contributed by atoms with E-state index in [1.165, 1.54) is 5.06 Å². The summed E-state index contributed by atoms with van der Waals surface area (Å²) in [6.45, 7) is 1.90. The van der Waals surface area contributed by atoms with Crippen LogP contribution in [0.2, 0.25) is 0 Å². The highest BCUT2D eigenvalue weighted by Gasteiger charge is 2.20. The smallest absolute Gasteiger partial charge is 0.511 e. The van der Waals surface area contributed by atoms with E-state index in [-0.39, 0.29) is 0 Å². The Morgan fingerprint density at radius 2 is 1.93 bits per heavy atom. The monoisotopic (exact) mass is 195 g/mol. The van der Waals surface area contributed by atoms with E-state index in [4.69, 9.17) is 9.41 Å². The van der Waals surface area contributed by atoms with Gasteiger partial charge in [-0.25, -0.2) is 5.06 Å². The lowest BCUT2D eigenvalue weighted by molar-refractivity contribution is -0.0459. The number of rotatable bonds is 4. The van der Waals surface area contributed by atoms with Gasteiger partial charge in [0.05, 0.1) is 0 Å². The van der Waals surface area contributed by atoms with Gasteiger partial charge in [0.2, 0.25) is 0 Å². The fourth-order valence-corrected chi connectivity index (χ4v) is 0.999. The van der Waals surface area contributed by atoms with Gasteiger partial charge in [-0.1, -0.05) is 18.2 Å². The molecule has 14 heavy (non-hydrogen) atoms. The van der Waals surface area contributed by atoms with Crippen molar-refractivity contribution in [3.63, 3.8) is 0 Å². The van der Waals surface area contributed by atoms with Crippen molar-refractivity contribution in [2.24, 2.45) is 0 Å². The molecule has 0 fully saturated rings. The van der Waals surface area contributed by atoms with Crippen LogP contribution in [0.3, 0.4) is 0 Å². The molecule has 0 aliphatic heterocycles. The summed E-state index contributed by atoms with van der Waals surface area (Å²) in [7, 11) is 2.07. The van der Waals surface area contributed by atoms with Gasteiger partial charge in [0.1, 0.15) is 5.75 Å². The van der Waals surface area contributed by atoms with Crippen LogP contribution >= 0.6 is 0 Å². The largest absolute Gasteiger partial charge is 0.728 e. The third-order valence-corrected chi connectivity index (χ3v) is 1.62. The number of aryl methyl sites for hydroxylation is 1. The van der Waals surface area contributed by atoms with E-state index < -0.39 is 7.32 Å². The van der Waals surface area contributed by atoms with Crippen LogP contribution in [0, 0.1) is 6.92 Å². The fraction of sp³-hybridized carbons (Fsp3) is 0.333. The van der Waals surface area contributed by atoms with Crippen LogP contribution in [0.4, 0.5) is 0 Å². The molecule has 0 saturated heterocycles. The van der Waals surface area contributed by atoms with Crippen molar-refractivity contribution in [3.8, 4) is 5.75 Å². The number of benzene rings is 1. The van der Waals surface area contributed by atoms with Crippen molar-refractivity contribution < 1.29 is 14.4 Å². The van der Waals surface area contributed by atoms with E-state index in [1.54, 1.807) is 20.2 Å². The lowest BCUT2D eigenvalue weighted by atomic mass is 10.2. The van der Waals surface area contributed by atoms with E-state index >= 15 is 0 Å². The number of hydrogen-bond acceptors (Lipinski definition) is 4. The quantitative estimate of drug-likeness (QED) is 0.571. The molecular weight excluding hydrogens is 181 g/mol. The second-order valence-electron chi connectivity index (χ2n) is 3.11. The average molecular weight is 195 g/mol. The molecule has 0 aliphatic rings. The van der Waals surface area contributed by atoms with Crippen molar-refractivity contribution in [1.29, 1.82) is 0 Å². The maximum absolute atomic E-state index is 9.31. The standard InChI is InChI=1S/C9H14BNO3/c1-8-6-4-5-7-9(8)13-10(12)14-11(2)3/h4-7,12H,1-3H3. The predicted octanol–water partition coefficient (Wildman–Crippen LogP) is 0.844. The third kappa shape index (κ3) is 3.37. The molecule has 0 saturated carbocycles. The normalized spacial score (nSPS) is 10.4. The number of para-hydroxylation sites is 1. The number of hydroxylamine groups is 2. The lowest BCUT2D eigenvalue weighted by Gasteiger charge is -2.14. The zero-order chi connectivity index (χ0) is 10.6. The predicted molar refractivity (Wildman–Crippen MR) is 54.6 cm³/mol. The highest BCUT2D eigenvalue weighted by molar-refractivity contribution is 6.35. The van der Waals surface area contributed by atoms with E-state index in [9.17, 15) is 5.02 Å². The second-order valence-corrected chi connectivity index (χ2v) is 3.11. The second kappa shape index (κ2) is 5.00. The molecule has 76 valence electrons. The van der Waals surface area contributed by atoms with Gasteiger partial charge >= 0.3 is 7.32 Å². The maximum atomic E-state index is 9.31. The Kier molecular flexibility index (Phi) is 3.94. The van der Waals surface area contributed by atoms with Crippen LogP contribution in [0.1, 0.15) is 5.56 Å². The van der Waals surface area contributed by atoms with E-state index in [0.29, 0.717) is 5.75 Å². The highest BCUT2D eigenvalue weighted by atomic mass is 16.8. The molecule has 0 amide bonds. The SMILES string of the molecule is Cc1ccccc1OB(O)ON(C)C. The van der Waals surface area contributed by atoms with Crippen molar-refractivity contribution >= 4 is 7.32 Å². The third-order valence-electron chi connectivity index (χ3n) is 1.62.